The van der Waals surface area contributed by atoms with Crippen LogP contribution >= 0.6 is 11.8 Å². The van der Waals surface area contributed by atoms with Crippen LogP contribution in [0.2, 0.25) is 0 Å². The quantitative estimate of drug-likeness (QED) is 0.133. The second kappa shape index (κ2) is 13.4. The van der Waals surface area contributed by atoms with Crippen molar-refractivity contribution < 1.29 is 29.3 Å². The van der Waals surface area contributed by atoms with Gasteiger partial charge in [-0.2, -0.15) is 0 Å². The third-order valence-corrected chi connectivity index (χ3v) is 6.80. The predicted octanol–water partition coefficient (Wildman–Crippen LogP) is 7.43. The monoisotopic (exact) mass is 543 g/mol. The number of phenols is 1. The molecule has 0 aromatic heterocycles. The number of rotatable bonds is 11. The Morgan fingerprint density at radius 1 is 0.923 bits per heavy atom. The molecule has 0 aliphatic heterocycles. The van der Waals surface area contributed by atoms with Crippen LogP contribution in [0.5, 0.6) is 11.5 Å². The van der Waals surface area contributed by atoms with E-state index in [1.807, 2.05) is 54.8 Å². The first-order valence-electron chi connectivity index (χ1n) is 12.4. The van der Waals surface area contributed by atoms with Gasteiger partial charge in [0.15, 0.2) is 6.10 Å². The summed E-state index contributed by atoms with van der Waals surface area (Å²) in [7, 11) is 0. The lowest BCUT2D eigenvalue weighted by Gasteiger charge is -2.29. The number of phenolic OH excluding ortho intramolecular Hbond substituents is 1. The molecule has 8 heteroatoms. The fraction of sp³-hybridized carbons (Fsp3) is 0.161. The zero-order valence-electron chi connectivity index (χ0n) is 21.3. The summed E-state index contributed by atoms with van der Waals surface area (Å²) >= 11 is 1.60. The Hall–Kier alpha value is -4.43. The van der Waals surface area contributed by atoms with E-state index in [4.69, 9.17) is 14.6 Å². The fourth-order valence-corrected chi connectivity index (χ4v) is 4.63. The van der Waals surface area contributed by atoms with Gasteiger partial charge in [0.25, 0.3) is 0 Å². The van der Waals surface area contributed by atoms with Gasteiger partial charge in [0.2, 0.25) is 0 Å². The molecule has 3 N–H and O–H groups in total. The Labute approximate surface area is 231 Å². The third-order valence-electron chi connectivity index (χ3n) is 6.06. The minimum Gasteiger partial charge on any atom is -0.507 e. The van der Waals surface area contributed by atoms with E-state index in [0.29, 0.717) is 40.6 Å². The highest BCUT2D eigenvalue weighted by Crippen LogP contribution is 2.36. The minimum atomic E-state index is -1.04. The van der Waals surface area contributed by atoms with Gasteiger partial charge in [-0.25, -0.2) is 9.59 Å². The van der Waals surface area contributed by atoms with Gasteiger partial charge in [0.05, 0.1) is 0 Å². The number of thioether (sulfide) groups is 1. The zero-order valence-corrected chi connectivity index (χ0v) is 22.1. The number of aliphatic carboxylic acids is 1. The van der Waals surface area contributed by atoms with Crippen molar-refractivity contribution in [2.75, 3.05) is 11.6 Å². The number of amides is 1. The van der Waals surface area contributed by atoms with Crippen LogP contribution in [0.3, 0.4) is 0 Å². The zero-order chi connectivity index (χ0) is 27.6. The van der Waals surface area contributed by atoms with Crippen molar-refractivity contribution in [1.29, 1.82) is 0 Å². The van der Waals surface area contributed by atoms with E-state index in [2.05, 4.69) is 5.32 Å². The van der Waals surface area contributed by atoms with E-state index in [0.717, 1.165) is 11.0 Å². The van der Waals surface area contributed by atoms with Crippen molar-refractivity contribution in [1.82, 2.24) is 0 Å². The average molecular weight is 544 g/mol. The molecular formula is C31H29NO6S. The number of ether oxygens (including phenoxy) is 2. The van der Waals surface area contributed by atoms with Crippen LogP contribution in [-0.2, 0) is 9.53 Å². The van der Waals surface area contributed by atoms with Gasteiger partial charge in [-0.05, 0) is 66.9 Å². The normalized spacial score (nSPS) is 12.6. The number of nitrogens with one attached hydrogen (secondary N) is 1. The average Bonchev–Trinajstić information content (AvgIpc) is 2.95. The lowest BCUT2D eigenvalue weighted by molar-refractivity contribution is -0.131. The van der Waals surface area contributed by atoms with Crippen LogP contribution in [0.1, 0.15) is 24.5 Å². The highest BCUT2D eigenvalue weighted by molar-refractivity contribution is 7.98. The maximum Gasteiger partial charge on any atom is 0.412 e. The molecule has 0 saturated carbocycles. The molecule has 7 nitrogen and oxygen atoms in total. The van der Waals surface area contributed by atoms with Crippen molar-refractivity contribution in [2.24, 2.45) is 0 Å². The molecule has 0 unspecified atom stereocenters. The standard InChI is InChI=1S/C31H29NO6S/c1-39-23-17-15-21(16-18-23)32-31(36)38-30(26-19-20-27(33)25-12-6-5-11-24(25)26)28(13-7-8-14-29(34)35)37-22-9-3-2-4-10-22/h2-6,8-12,14-20,28,30,33H,7,13H2,1H3,(H,32,36)(H,34,35)/b14-8+/t28-,30-/m0/s1. The molecule has 2 atom stereocenters. The lowest BCUT2D eigenvalue weighted by atomic mass is 9.94. The lowest BCUT2D eigenvalue weighted by Crippen LogP contribution is -2.31. The van der Waals surface area contributed by atoms with E-state index in [1.165, 1.54) is 0 Å². The number of para-hydroxylation sites is 1. The molecule has 4 aromatic carbocycles. The number of allylic oxidation sites excluding steroid dienone is 1. The maximum absolute atomic E-state index is 13.2. The highest BCUT2D eigenvalue weighted by Gasteiger charge is 2.30. The molecule has 0 heterocycles. The first-order chi connectivity index (χ1) is 18.9. The number of carbonyl (C=O) groups excluding carboxylic acids is 1. The number of carboxylic acid groups (broad SMARTS) is 1. The Morgan fingerprint density at radius 2 is 1.62 bits per heavy atom. The topological polar surface area (TPSA) is 105 Å². The summed E-state index contributed by atoms with van der Waals surface area (Å²) in [4.78, 5) is 25.3. The summed E-state index contributed by atoms with van der Waals surface area (Å²) < 4.78 is 12.4. The number of anilines is 1. The van der Waals surface area contributed by atoms with E-state index >= 15 is 0 Å². The van der Waals surface area contributed by atoms with Crippen LogP contribution in [0.4, 0.5) is 10.5 Å². The smallest absolute Gasteiger partial charge is 0.412 e. The Morgan fingerprint density at radius 3 is 2.31 bits per heavy atom. The summed E-state index contributed by atoms with van der Waals surface area (Å²) in [5.74, 6) is -0.356. The number of aromatic hydroxyl groups is 1. The Bertz CT molecular complexity index is 1440. The van der Waals surface area contributed by atoms with Crippen LogP contribution < -0.4 is 10.1 Å². The van der Waals surface area contributed by atoms with Crippen molar-refractivity contribution in [2.45, 2.75) is 29.9 Å². The Kier molecular flexibility index (Phi) is 9.48. The van der Waals surface area contributed by atoms with Gasteiger partial charge in [-0.3, -0.25) is 5.32 Å². The highest BCUT2D eigenvalue weighted by atomic mass is 32.2. The molecule has 1 amide bonds. The van der Waals surface area contributed by atoms with Crippen LogP contribution in [-0.4, -0.2) is 34.6 Å². The van der Waals surface area contributed by atoms with Gasteiger partial charge in [0.1, 0.15) is 17.6 Å². The number of carboxylic acids is 1. The summed E-state index contributed by atoms with van der Waals surface area (Å²) in [5.41, 5.74) is 1.23. The predicted molar refractivity (Wildman–Crippen MR) is 154 cm³/mol. The van der Waals surface area contributed by atoms with E-state index in [1.54, 1.807) is 60.3 Å². The summed E-state index contributed by atoms with van der Waals surface area (Å²) in [6.07, 6.45) is 3.09. The summed E-state index contributed by atoms with van der Waals surface area (Å²) in [6.45, 7) is 0. The fourth-order valence-electron chi connectivity index (χ4n) is 4.22. The van der Waals surface area contributed by atoms with Crippen LogP contribution in [0.25, 0.3) is 10.8 Å². The van der Waals surface area contributed by atoms with Gasteiger partial charge in [0, 0.05) is 27.6 Å². The molecular weight excluding hydrogens is 514 g/mol. The third kappa shape index (κ3) is 7.55. The van der Waals surface area contributed by atoms with Gasteiger partial charge < -0.3 is 19.7 Å². The van der Waals surface area contributed by atoms with Crippen molar-refractivity contribution in [3.8, 4) is 11.5 Å². The maximum atomic E-state index is 13.2. The molecule has 0 saturated heterocycles. The van der Waals surface area contributed by atoms with E-state index in [-0.39, 0.29) is 5.75 Å². The van der Waals surface area contributed by atoms with E-state index in [9.17, 15) is 14.7 Å². The molecule has 39 heavy (non-hydrogen) atoms. The number of carbonyl (C=O) groups is 2. The molecule has 200 valence electrons. The molecule has 0 fully saturated rings. The van der Waals surface area contributed by atoms with E-state index < -0.39 is 24.3 Å². The van der Waals surface area contributed by atoms with Gasteiger partial charge >= 0.3 is 12.1 Å². The molecule has 0 aliphatic carbocycles. The number of hydrogen-bond donors (Lipinski definition) is 3. The molecule has 4 aromatic rings. The number of benzene rings is 4. The molecule has 0 radical (unpaired) electrons. The van der Waals surface area contributed by atoms with Crippen LogP contribution in [0.15, 0.2) is 108 Å². The first kappa shape index (κ1) is 27.6. The van der Waals surface area contributed by atoms with Gasteiger partial charge in [-0.15, -0.1) is 11.8 Å². The molecule has 0 spiro atoms. The molecule has 4 rings (SSSR count). The number of fused-ring (bicyclic) bond motifs is 1. The molecule has 0 aliphatic rings. The molecule has 0 bridgehead atoms. The van der Waals surface area contributed by atoms with Crippen molar-refractivity contribution in [3.05, 3.63) is 109 Å². The second-order valence-corrected chi connectivity index (χ2v) is 9.57. The van der Waals surface area contributed by atoms with Gasteiger partial charge in [-0.1, -0.05) is 54.6 Å². The summed E-state index contributed by atoms with van der Waals surface area (Å²) in [5, 5.41) is 23.6. The summed E-state index contributed by atoms with van der Waals surface area (Å²) in [6, 6.07) is 27.2. The SMILES string of the molecule is CSc1ccc(NC(=O)O[C@@H](c2ccc(O)c3ccccc23)[C@H](CC/C=C/C(=O)O)Oc2ccccc2)cc1. The Balaban J connectivity index is 1.71. The number of hydrogen-bond acceptors (Lipinski definition) is 6. The van der Waals surface area contributed by atoms with Crippen molar-refractivity contribution in [3.63, 3.8) is 0 Å². The minimum absolute atomic E-state index is 0.108. The largest absolute Gasteiger partial charge is 0.507 e. The first-order valence-corrected chi connectivity index (χ1v) is 13.6. The second-order valence-electron chi connectivity index (χ2n) is 8.69. The van der Waals surface area contributed by atoms with Crippen LogP contribution in [0, 0.1) is 0 Å². The van der Waals surface area contributed by atoms with Crippen molar-refractivity contribution >= 4 is 40.3 Å².